The molecule has 5 heteroatoms. The van der Waals surface area contributed by atoms with Gasteiger partial charge in [-0.15, -0.1) is 0 Å². The zero-order chi connectivity index (χ0) is 11.2. The zero-order valence-electron chi connectivity index (χ0n) is 9.63. The second-order valence-electron chi connectivity index (χ2n) is 4.56. The van der Waals surface area contributed by atoms with E-state index in [0.29, 0.717) is 12.1 Å². The largest absolute Gasteiger partial charge is 0.337 e. The minimum absolute atomic E-state index is 0.000117. The summed E-state index contributed by atoms with van der Waals surface area (Å²) < 4.78 is 0. The average Bonchev–Trinajstić information content (AvgIpc) is 2.81. The monoisotopic (exact) mass is 243 g/mol. The van der Waals surface area contributed by atoms with Crippen LogP contribution >= 0.6 is 11.8 Å². The van der Waals surface area contributed by atoms with Gasteiger partial charge in [-0.05, 0) is 31.6 Å². The molecule has 2 aliphatic rings. The SMILES string of the molecule is O=C(NCC1CCCCN1)NC1CCSC1. The zero-order valence-corrected chi connectivity index (χ0v) is 10.4. The van der Waals surface area contributed by atoms with Gasteiger partial charge in [0, 0.05) is 24.4 Å². The molecule has 2 amide bonds. The molecular weight excluding hydrogens is 222 g/mol. The van der Waals surface area contributed by atoms with E-state index in [1.54, 1.807) is 0 Å². The van der Waals surface area contributed by atoms with Crippen molar-refractivity contribution < 1.29 is 4.79 Å². The first-order valence-corrected chi connectivity index (χ1v) is 7.35. The summed E-state index contributed by atoms with van der Waals surface area (Å²) in [7, 11) is 0. The third-order valence-electron chi connectivity index (χ3n) is 3.19. The van der Waals surface area contributed by atoms with E-state index in [2.05, 4.69) is 16.0 Å². The summed E-state index contributed by atoms with van der Waals surface area (Å²) in [6.07, 6.45) is 4.83. The Labute approximate surface area is 101 Å². The molecule has 3 N–H and O–H groups in total. The molecule has 16 heavy (non-hydrogen) atoms. The van der Waals surface area contributed by atoms with E-state index in [1.807, 2.05) is 11.8 Å². The lowest BCUT2D eigenvalue weighted by Gasteiger charge is -2.24. The van der Waals surface area contributed by atoms with Gasteiger partial charge in [-0.1, -0.05) is 6.42 Å². The van der Waals surface area contributed by atoms with Gasteiger partial charge in [-0.3, -0.25) is 0 Å². The molecular formula is C11H21N3OS. The van der Waals surface area contributed by atoms with E-state index in [4.69, 9.17) is 0 Å². The molecule has 2 saturated heterocycles. The fourth-order valence-corrected chi connectivity index (χ4v) is 3.35. The van der Waals surface area contributed by atoms with Crippen LogP contribution in [0.25, 0.3) is 0 Å². The Balaban J connectivity index is 1.59. The van der Waals surface area contributed by atoms with Gasteiger partial charge in [0.25, 0.3) is 0 Å². The van der Waals surface area contributed by atoms with E-state index in [1.165, 1.54) is 25.0 Å². The molecule has 0 spiro atoms. The smallest absolute Gasteiger partial charge is 0.315 e. The first-order chi connectivity index (χ1) is 7.84. The number of rotatable bonds is 3. The van der Waals surface area contributed by atoms with Gasteiger partial charge >= 0.3 is 6.03 Å². The molecule has 0 saturated carbocycles. The summed E-state index contributed by atoms with van der Waals surface area (Å²) >= 11 is 1.92. The first-order valence-electron chi connectivity index (χ1n) is 6.20. The molecule has 2 rings (SSSR count). The van der Waals surface area contributed by atoms with Crippen LogP contribution in [0, 0.1) is 0 Å². The van der Waals surface area contributed by atoms with Crippen molar-refractivity contribution >= 4 is 17.8 Å². The molecule has 2 fully saturated rings. The molecule has 2 aliphatic heterocycles. The van der Waals surface area contributed by atoms with E-state index < -0.39 is 0 Å². The molecule has 0 aliphatic carbocycles. The topological polar surface area (TPSA) is 53.2 Å². The normalized spacial score (nSPS) is 30.0. The van der Waals surface area contributed by atoms with E-state index >= 15 is 0 Å². The molecule has 4 nitrogen and oxygen atoms in total. The Bertz CT molecular complexity index is 225. The first kappa shape index (κ1) is 12.0. The number of carbonyl (C=O) groups is 1. The van der Waals surface area contributed by atoms with Gasteiger partial charge in [0.05, 0.1) is 0 Å². The molecule has 0 aromatic rings. The molecule has 2 heterocycles. The summed E-state index contributed by atoms with van der Waals surface area (Å²) in [6, 6.07) is 0.849. The maximum Gasteiger partial charge on any atom is 0.315 e. The van der Waals surface area contributed by atoms with E-state index in [0.717, 1.165) is 25.3 Å². The number of piperidine rings is 1. The van der Waals surface area contributed by atoms with Crippen LogP contribution in [0.15, 0.2) is 0 Å². The highest BCUT2D eigenvalue weighted by Gasteiger charge is 2.18. The summed E-state index contributed by atoms with van der Waals surface area (Å²) in [5.41, 5.74) is 0. The van der Waals surface area contributed by atoms with Gasteiger partial charge in [0.2, 0.25) is 0 Å². The van der Waals surface area contributed by atoms with Crippen LogP contribution in [-0.4, -0.2) is 42.7 Å². The Kier molecular flexibility index (Phi) is 4.78. The molecule has 0 aromatic carbocycles. The van der Waals surface area contributed by atoms with E-state index in [9.17, 15) is 4.79 Å². The number of hydrogen-bond acceptors (Lipinski definition) is 3. The van der Waals surface area contributed by atoms with Crippen molar-refractivity contribution in [1.29, 1.82) is 0 Å². The predicted molar refractivity (Wildman–Crippen MR) is 67.9 cm³/mol. The highest BCUT2D eigenvalue weighted by atomic mass is 32.2. The highest BCUT2D eigenvalue weighted by molar-refractivity contribution is 7.99. The van der Waals surface area contributed by atoms with Crippen LogP contribution in [0.2, 0.25) is 0 Å². The summed E-state index contributed by atoms with van der Waals surface area (Å²) in [4.78, 5) is 11.6. The second-order valence-corrected chi connectivity index (χ2v) is 5.71. The van der Waals surface area contributed by atoms with Gasteiger partial charge in [-0.25, -0.2) is 4.79 Å². The van der Waals surface area contributed by atoms with Crippen LogP contribution in [-0.2, 0) is 0 Å². The fraction of sp³-hybridized carbons (Fsp3) is 0.909. The van der Waals surface area contributed by atoms with Crippen LogP contribution < -0.4 is 16.0 Å². The lowest BCUT2D eigenvalue weighted by Crippen LogP contribution is -2.48. The number of hydrogen-bond donors (Lipinski definition) is 3. The lowest BCUT2D eigenvalue weighted by atomic mass is 10.1. The molecule has 92 valence electrons. The number of thioether (sulfide) groups is 1. The third kappa shape index (κ3) is 3.87. The Morgan fingerprint density at radius 1 is 1.38 bits per heavy atom. The van der Waals surface area contributed by atoms with Gasteiger partial charge in [0.15, 0.2) is 0 Å². The van der Waals surface area contributed by atoms with Crippen molar-refractivity contribution in [3.05, 3.63) is 0 Å². The van der Waals surface area contributed by atoms with Gasteiger partial charge in [0.1, 0.15) is 0 Å². The van der Waals surface area contributed by atoms with Crippen LogP contribution in [0.5, 0.6) is 0 Å². The number of carbonyl (C=O) groups excluding carboxylic acids is 1. The Morgan fingerprint density at radius 2 is 2.31 bits per heavy atom. The second kappa shape index (κ2) is 6.35. The third-order valence-corrected chi connectivity index (χ3v) is 4.35. The van der Waals surface area contributed by atoms with Crippen molar-refractivity contribution in [3.8, 4) is 0 Å². The Morgan fingerprint density at radius 3 is 3.00 bits per heavy atom. The Hall–Kier alpha value is -0.420. The minimum Gasteiger partial charge on any atom is -0.337 e. The molecule has 0 bridgehead atoms. The van der Waals surface area contributed by atoms with Gasteiger partial charge < -0.3 is 16.0 Å². The van der Waals surface area contributed by atoms with Crippen LogP contribution in [0.4, 0.5) is 4.79 Å². The van der Waals surface area contributed by atoms with Crippen molar-refractivity contribution in [2.45, 2.75) is 37.8 Å². The predicted octanol–water partition coefficient (Wildman–Crippen LogP) is 0.933. The molecule has 2 unspecified atom stereocenters. The minimum atomic E-state index is -0.000117. The van der Waals surface area contributed by atoms with Crippen molar-refractivity contribution in [3.63, 3.8) is 0 Å². The molecule has 0 radical (unpaired) electrons. The summed E-state index contributed by atoms with van der Waals surface area (Å²) in [5.74, 6) is 2.24. The summed E-state index contributed by atoms with van der Waals surface area (Å²) in [6.45, 7) is 1.85. The number of urea groups is 1. The average molecular weight is 243 g/mol. The van der Waals surface area contributed by atoms with Crippen molar-refractivity contribution in [2.24, 2.45) is 0 Å². The maximum absolute atomic E-state index is 11.6. The molecule has 2 atom stereocenters. The van der Waals surface area contributed by atoms with E-state index in [-0.39, 0.29) is 6.03 Å². The van der Waals surface area contributed by atoms with Crippen molar-refractivity contribution in [2.75, 3.05) is 24.6 Å². The standard InChI is InChI=1S/C11H21N3OS/c15-11(14-10-4-6-16-8-10)13-7-9-3-1-2-5-12-9/h9-10,12H,1-8H2,(H2,13,14,15). The molecule has 0 aromatic heterocycles. The summed E-state index contributed by atoms with van der Waals surface area (Å²) in [5, 5.41) is 9.40. The van der Waals surface area contributed by atoms with Crippen LogP contribution in [0.3, 0.4) is 0 Å². The van der Waals surface area contributed by atoms with Crippen molar-refractivity contribution in [1.82, 2.24) is 16.0 Å². The number of nitrogens with one attached hydrogen (secondary N) is 3. The fourth-order valence-electron chi connectivity index (χ4n) is 2.20. The highest BCUT2D eigenvalue weighted by Crippen LogP contribution is 2.16. The van der Waals surface area contributed by atoms with Gasteiger partial charge in [-0.2, -0.15) is 11.8 Å². The number of amides is 2. The quantitative estimate of drug-likeness (QED) is 0.691. The lowest BCUT2D eigenvalue weighted by molar-refractivity contribution is 0.235. The maximum atomic E-state index is 11.6. The van der Waals surface area contributed by atoms with Crippen LogP contribution in [0.1, 0.15) is 25.7 Å².